The number of rotatable bonds is 1. The van der Waals surface area contributed by atoms with Gasteiger partial charge in [-0.1, -0.05) is 39.7 Å². The van der Waals surface area contributed by atoms with E-state index in [-0.39, 0.29) is 5.82 Å². The normalized spacial score (nSPS) is 10.3. The van der Waals surface area contributed by atoms with E-state index in [9.17, 15) is 4.39 Å². The molecule has 0 bridgehead atoms. The molecule has 0 heterocycles. The lowest BCUT2D eigenvalue weighted by molar-refractivity contribution is 0.628. The molecule has 0 fully saturated rings. The Morgan fingerprint density at radius 1 is 0.933 bits per heavy atom. The van der Waals surface area contributed by atoms with Crippen LogP contribution >= 0.6 is 27.5 Å². The third-order valence-electron chi connectivity index (χ3n) is 2.04. The molecule has 0 radical (unpaired) electrons. The summed E-state index contributed by atoms with van der Waals surface area (Å²) in [4.78, 5) is 0. The summed E-state index contributed by atoms with van der Waals surface area (Å²) in [6.45, 7) is 0. The van der Waals surface area contributed by atoms with Crippen molar-refractivity contribution >= 4 is 27.5 Å². The average molecular weight is 286 g/mol. The van der Waals surface area contributed by atoms with Crippen molar-refractivity contribution in [1.82, 2.24) is 0 Å². The lowest BCUT2D eigenvalue weighted by Crippen LogP contribution is -1.79. The second-order valence-electron chi connectivity index (χ2n) is 3.17. The van der Waals surface area contributed by atoms with Crippen molar-refractivity contribution in [3.63, 3.8) is 0 Å². The minimum Gasteiger partial charge on any atom is -0.207 e. The highest BCUT2D eigenvalue weighted by atomic mass is 79.9. The van der Waals surface area contributed by atoms with Crippen LogP contribution in [0.2, 0.25) is 5.02 Å². The lowest BCUT2D eigenvalue weighted by Gasteiger charge is -2.03. The monoisotopic (exact) mass is 284 g/mol. The molecule has 0 N–H and O–H groups in total. The number of hydrogen-bond acceptors (Lipinski definition) is 0. The Kier molecular flexibility index (Phi) is 3.08. The first-order valence-electron chi connectivity index (χ1n) is 4.37. The van der Waals surface area contributed by atoms with Crippen LogP contribution in [0.5, 0.6) is 0 Å². The van der Waals surface area contributed by atoms with Gasteiger partial charge in [-0.15, -0.1) is 0 Å². The summed E-state index contributed by atoms with van der Waals surface area (Å²) in [6, 6.07) is 11.9. The van der Waals surface area contributed by atoms with Crippen molar-refractivity contribution in [1.29, 1.82) is 0 Å². The number of benzene rings is 2. The molecule has 0 unspecified atom stereocenters. The van der Waals surface area contributed by atoms with Gasteiger partial charge in [0.2, 0.25) is 0 Å². The summed E-state index contributed by atoms with van der Waals surface area (Å²) in [5, 5.41) is 0.656. The van der Waals surface area contributed by atoms with E-state index in [0.29, 0.717) is 5.02 Å². The first-order valence-corrected chi connectivity index (χ1v) is 5.54. The molecule has 2 aromatic carbocycles. The van der Waals surface area contributed by atoms with E-state index in [4.69, 9.17) is 11.6 Å². The molecule has 76 valence electrons. The summed E-state index contributed by atoms with van der Waals surface area (Å²) in [7, 11) is 0. The molecule has 0 nitrogen and oxygen atoms in total. The molecule has 0 saturated heterocycles. The molecule has 15 heavy (non-hydrogen) atoms. The van der Waals surface area contributed by atoms with Gasteiger partial charge in [0.05, 0.1) is 0 Å². The molecule has 3 heteroatoms. The second kappa shape index (κ2) is 4.33. The Morgan fingerprint density at radius 3 is 2.20 bits per heavy atom. The van der Waals surface area contributed by atoms with Gasteiger partial charge in [0, 0.05) is 9.50 Å². The first-order chi connectivity index (χ1) is 7.15. The highest BCUT2D eigenvalue weighted by Crippen LogP contribution is 2.27. The quantitative estimate of drug-likeness (QED) is 0.698. The Hall–Kier alpha value is -0.860. The van der Waals surface area contributed by atoms with E-state index in [0.717, 1.165) is 15.6 Å². The van der Waals surface area contributed by atoms with Gasteiger partial charge in [-0.05, 0) is 41.5 Å². The molecular weight excluding hydrogens is 278 g/mol. The molecule has 0 aliphatic rings. The van der Waals surface area contributed by atoms with Crippen LogP contribution in [0.15, 0.2) is 46.9 Å². The van der Waals surface area contributed by atoms with E-state index >= 15 is 0 Å². The number of hydrogen-bond donors (Lipinski definition) is 0. The predicted molar refractivity (Wildman–Crippen MR) is 64.5 cm³/mol. The molecule has 0 amide bonds. The van der Waals surface area contributed by atoms with E-state index < -0.39 is 0 Å². The van der Waals surface area contributed by atoms with E-state index in [1.165, 1.54) is 12.1 Å². The minimum absolute atomic E-state index is 0.236. The van der Waals surface area contributed by atoms with Gasteiger partial charge in [-0.25, -0.2) is 4.39 Å². The Morgan fingerprint density at radius 2 is 1.60 bits per heavy atom. The van der Waals surface area contributed by atoms with Gasteiger partial charge in [0.1, 0.15) is 5.82 Å². The summed E-state index contributed by atoms with van der Waals surface area (Å²) in [5.41, 5.74) is 1.91. The Balaban J connectivity index is 2.49. The molecule has 0 saturated carbocycles. The fraction of sp³-hybridized carbons (Fsp3) is 0. The molecule has 0 aliphatic heterocycles. The maximum atomic E-state index is 12.7. The van der Waals surface area contributed by atoms with Crippen molar-refractivity contribution in [2.75, 3.05) is 0 Å². The van der Waals surface area contributed by atoms with Gasteiger partial charge in [0.25, 0.3) is 0 Å². The zero-order valence-corrected chi connectivity index (χ0v) is 10.0. The van der Waals surface area contributed by atoms with Crippen LogP contribution in [0.4, 0.5) is 4.39 Å². The van der Waals surface area contributed by atoms with E-state index in [2.05, 4.69) is 15.9 Å². The van der Waals surface area contributed by atoms with Gasteiger partial charge in [-0.3, -0.25) is 0 Å². The molecular formula is C12H7BrClF. The van der Waals surface area contributed by atoms with Crippen LogP contribution in [0, 0.1) is 5.82 Å². The van der Waals surface area contributed by atoms with Gasteiger partial charge < -0.3 is 0 Å². The summed E-state index contributed by atoms with van der Waals surface area (Å²) >= 11 is 9.29. The maximum absolute atomic E-state index is 12.7. The molecule has 0 atom stereocenters. The predicted octanol–water partition coefficient (Wildman–Crippen LogP) is 4.91. The zero-order chi connectivity index (χ0) is 10.8. The fourth-order valence-electron chi connectivity index (χ4n) is 1.36. The summed E-state index contributed by atoms with van der Waals surface area (Å²) < 4.78 is 13.6. The van der Waals surface area contributed by atoms with Crippen molar-refractivity contribution in [3.8, 4) is 11.1 Å². The van der Waals surface area contributed by atoms with Crippen LogP contribution in [-0.2, 0) is 0 Å². The SMILES string of the molecule is Fc1ccc(-c2cc(Cl)cc(Br)c2)cc1. The fourth-order valence-corrected chi connectivity index (χ4v) is 2.22. The second-order valence-corrected chi connectivity index (χ2v) is 4.52. The van der Waals surface area contributed by atoms with Gasteiger partial charge in [-0.2, -0.15) is 0 Å². The molecule has 2 aromatic rings. The van der Waals surface area contributed by atoms with Crippen molar-refractivity contribution in [2.45, 2.75) is 0 Å². The third-order valence-corrected chi connectivity index (χ3v) is 2.72. The van der Waals surface area contributed by atoms with Crippen LogP contribution in [-0.4, -0.2) is 0 Å². The topological polar surface area (TPSA) is 0 Å². The maximum Gasteiger partial charge on any atom is 0.123 e. The van der Waals surface area contributed by atoms with Crippen LogP contribution in [0.3, 0.4) is 0 Å². The molecule has 2 rings (SSSR count). The summed E-state index contributed by atoms with van der Waals surface area (Å²) in [5.74, 6) is -0.236. The highest BCUT2D eigenvalue weighted by Gasteiger charge is 2.01. The van der Waals surface area contributed by atoms with Crippen molar-refractivity contribution in [2.24, 2.45) is 0 Å². The summed E-state index contributed by atoms with van der Waals surface area (Å²) in [6.07, 6.45) is 0. The third kappa shape index (κ3) is 2.58. The standard InChI is InChI=1S/C12H7BrClF/c13-10-5-9(6-11(14)7-10)8-1-3-12(15)4-2-8/h1-7H. The van der Waals surface area contributed by atoms with Crippen LogP contribution in [0.25, 0.3) is 11.1 Å². The average Bonchev–Trinajstić information content (AvgIpc) is 2.17. The molecule has 0 aliphatic carbocycles. The van der Waals surface area contributed by atoms with E-state index in [1.807, 2.05) is 18.2 Å². The van der Waals surface area contributed by atoms with Crippen molar-refractivity contribution < 1.29 is 4.39 Å². The van der Waals surface area contributed by atoms with Gasteiger partial charge in [0.15, 0.2) is 0 Å². The lowest BCUT2D eigenvalue weighted by atomic mass is 10.1. The van der Waals surface area contributed by atoms with E-state index in [1.54, 1.807) is 12.1 Å². The highest BCUT2D eigenvalue weighted by molar-refractivity contribution is 9.10. The first kappa shape index (κ1) is 10.7. The molecule has 0 aromatic heterocycles. The molecule has 0 spiro atoms. The largest absolute Gasteiger partial charge is 0.207 e. The van der Waals surface area contributed by atoms with Crippen LogP contribution < -0.4 is 0 Å². The Labute approximate surface area is 101 Å². The minimum atomic E-state index is -0.236. The zero-order valence-electron chi connectivity index (χ0n) is 7.68. The Bertz CT molecular complexity index is 459. The van der Waals surface area contributed by atoms with Crippen molar-refractivity contribution in [3.05, 3.63) is 57.8 Å². The van der Waals surface area contributed by atoms with Gasteiger partial charge >= 0.3 is 0 Å². The van der Waals surface area contributed by atoms with Crippen LogP contribution in [0.1, 0.15) is 0 Å². The smallest absolute Gasteiger partial charge is 0.123 e. The number of halogens is 3.